The molecule has 0 aromatic heterocycles. The van der Waals surface area contributed by atoms with Gasteiger partial charge in [0.25, 0.3) is 0 Å². The smallest absolute Gasteiger partial charge is 0.161 e. The molecule has 0 nitrogen and oxygen atoms in total. The first-order valence-corrected chi connectivity index (χ1v) is 6.85. The molecule has 0 amide bonds. The van der Waals surface area contributed by atoms with Crippen molar-refractivity contribution < 1.29 is 17.6 Å². The molecule has 0 radical (unpaired) electrons. The van der Waals surface area contributed by atoms with Crippen LogP contribution in [0.3, 0.4) is 0 Å². The van der Waals surface area contributed by atoms with Gasteiger partial charge in [-0.2, -0.15) is 0 Å². The Morgan fingerprint density at radius 2 is 1.42 bits per heavy atom. The topological polar surface area (TPSA) is 0 Å². The molecule has 0 saturated carbocycles. The van der Waals surface area contributed by atoms with Crippen LogP contribution < -0.4 is 0 Å². The van der Waals surface area contributed by atoms with E-state index >= 15 is 0 Å². The molecule has 2 aromatic rings. The van der Waals surface area contributed by atoms with E-state index in [1.165, 1.54) is 12.1 Å². The number of hydrogen-bond acceptors (Lipinski definition) is 0. The third-order valence-electron chi connectivity index (χ3n) is 2.57. The van der Waals surface area contributed by atoms with Crippen LogP contribution in [-0.4, -0.2) is 0 Å². The minimum atomic E-state index is -1.26. The van der Waals surface area contributed by atoms with Crippen molar-refractivity contribution in [1.29, 1.82) is 0 Å². The number of alkyl halides is 1. The third-order valence-corrected chi connectivity index (χ3v) is 4.39. The van der Waals surface area contributed by atoms with Crippen LogP contribution in [-0.2, 0) is 0 Å². The molecular weight excluding hydrogens is 392 g/mol. The van der Waals surface area contributed by atoms with E-state index in [1.807, 2.05) is 0 Å². The van der Waals surface area contributed by atoms with Crippen molar-refractivity contribution in [3.63, 3.8) is 0 Å². The quantitative estimate of drug-likeness (QED) is 0.357. The van der Waals surface area contributed by atoms with Crippen molar-refractivity contribution in [3.8, 4) is 0 Å². The number of halogens is 6. The van der Waals surface area contributed by atoms with Crippen molar-refractivity contribution in [2.75, 3.05) is 0 Å². The highest BCUT2D eigenvalue weighted by Crippen LogP contribution is 2.38. The van der Waals surface area contributed by atoms with Gasteiger partial charge in [-0.15, -0.1) is 0 Å². The summed E-state index contributed by atoms with van der Waals surface area (Å²) in [7, 11) is 0. The Morgan fingerprint density at radius 1 is 0.789 bits per heavy atom. The summed E-state index contributed by atoms with van der Waals surface area (Å²) < 4.78 is 53.2. The van der Waals surface area contributed by atoms with Crippen LogP contribution in [0.1, 0.15) is 16.0 Å². The minimum absolute atomic E-state index is 0.106. The summed E-state index contributed by atoms with van der Waals surface area (Å²) in [6.45, 7) is 0. The Kier molecular flexibility index (Phi) is 4.30. The highest BCUT2D eigenvalue weighted by molar-refractivity contribution is 9.11. The van der Waals surface area contributed by atoms with Gasteiger partial charge in [-0.05, 0) is 33.6 Å². The maximum absolute atomic E-state index is 13.7. The highest BCUT2D eigenvalue weighted by atomic mass is 79.9. The van der Waals surface area contributed by atoms with Gasteiger partial charge in [0, 0.05) is 11.6 Å². The predicted molar refractivity (Wildman–Crippen MR) is 71.2 cm³/mol. The van der Waals surface area contributed by atoms with E-state index in [-0.39, 0.29) is 10.0 Å². The Balaban J connectivity index is 2.53. The fourth-order valence-electron chi connectivity index (χ4n) is 1.62. The molecule has 0 bridgehead atoms. The zero-order chi connectivity index (χ0) is 14.2. The van der Waals surface area contributed by atoms with E-state index in [0.29, 0.717) is 11.6 Å². The molecule has 100 valence electrons. The van der Waals surface area contributed by atoms with Crippen LogP contribution >= 0.6 is 31.9 Å². The lowest BCUT2D eigenvalue weighted by molar-refractivity contribution is 0.491. The summed E-state index contributed by atoms with van der Waals surface area (Å²) in [6, 6.07) is 5.44. The molecule has 0 heterocycles. The molecule has 0 fully saturated rings. The largest absolute Gasteiger partial charge is 0.207 e. The monoisotopic (exact) mass is 396 g/mol. The molecular formula is C13H6Br2F4. The second-order valence-corrected chi connectivity index (χ2v) is 5.50. The van der Waals surface area contributed by atoms with E-state index < -0.39 is 28.1 Å². The summed E-state index contributed by atoms with van der Waals surface area (Å²) in [6.07, 6.45) is 0. The molecule has 6 heteroatoms. The van der Waals surface area contributed by atoms with Gasteiger partial charge in [0.1, 0.15) is 11.6 Å². The average molecular weight is 398 g/mol. The molecule has 2 rings (SSSR count). The number of benzene rings is 2. The van der Waals surface area contributed by atoms with Gasteiger partial charge in [-0.1, -0.05) is 28.1 Å². The summed E-state index contributed by atoms with van der Waals surface area (Å²) in [4.78, 5) is -0.798. The lowest BCUT2D eigenvalue weighted by Gasteiger charge is -2.14. The molecule has 0 N–H and O–H groups in total. The van der Waals surface area contributed by atoms with Crippen LogP contribution in [0.15, 0.2) is 34.8 Å². The van der Waals surface area contributed by atoms with Crippen LogP contribution in [0.5, 0.6) is 0 Å². The minimum Gasteiger partial charge on any atom is -0.207 e. The molecule has 1 atom stereocenters. The van der Waals surface area contributed by atoms with Gasteiger partial charge in [0.15, 0.2) is 11.6 Å². The van der Waals surface area contributed by atoms with Crippen LogP contribution in [0, 0.1) is 23.3 Å². The van der Waals surface area contributed by atoms with Gasteiger partial charge in [0.05, 0.1) is 9.30 Å². The van der Waals surface area contributed by atoms with E-state index in [9.17, 15) is 17.6 Å². The molecule has 0 spiro atoms. The van der Waals surface area contributed by atoms with Gasteiger partial charge in [-0.3, -0.25) is 0 Å². The normalized spacial score (nSPS) is 12.5. The second kappa shape index (κ2) is 5.63. The standard InChI is InChI=1S/C13H6Br2F4/c14-12(6-2-1-3-8(16)13(6)15)7-4-10(18)11(19)5-9(7)17/h1-5,12H. The second-order valence-electron chi connectivity index (χ2n) is 3.79. The molecule has 1 unspecified atom stereocenters. The van der Waals surface area contributed by atoms with Crippen molar-refractivity contribution in [2.24, 2.45) is 0 Å². The van der Waals surface area contributed by atoms with Gasteiger partial charge >= 0.3 is 0 Å². The molecule has 0 aliphatic rings. The maximum Gasteiger partial charge on any atom is 0.161 e. The fourth-order valence-corrected chi connectivity index (χ4v) is 3.15. The Morgan fingerprint density at radius 3 is 2.11 bits per heavy atom. The first-order valence-electron chi connectivity index (χ1n) is 5.14. The molecule has 19 heavy (non-hydrogen) atoms. The lowest BCUT2D eigenvalue weighted by atomic mass is 10.0. The Hall–Kier alpha value is -0.880. The molecule has 0 aliphatic carbocycles. The van der Waals surface area contributed by atoms with Crippen molar-refractivity contribution in [3.05, 3.63) is 69.2 Å². The summed E-state index contributed by atoms with van der Waals surface area (Å²) in [5.41, 5.74) is 0.273. The number of rotatable bonds is 2. The number of hydrogen-bond donors (Lipinski definition) is 0. The zero-order valence-corrected chi connectivity index (χ0v) is 12.4. The van der Waals surface area contributed by atoms with Crippen molar-refractivity contribution in [1.82, 2.24) is 0 Å². The maximum atomic E-state index is 13.7. The summed E-state index contributed by atoms with van der Waals surface area (Å²) in [5, 5.41) is 0. The fraction of sp³-hybridized carbons (Fsp3) is 0.0769. The highest BCUT2D eigenvalue weighted by Gasteiger charge is 2.21. The van der Waals surface area contributed by atoms with Gasteiger partial charge in [0.2, 0.25) is 0 Å². The average Bonchev–Trinajstić information content (AvgIpc) is 2.36. The van der Waals surface area contributed by atoms with E-state index in [0.717, 1.165) is 6.07 Å². The summed E-state index contributed by atoms with van der Waals surface area (Å²) in [5.74, 6) is -3.85. The van der Waals surface area contributed by atoms with E-state index in [4.69, 9.17) is 0 Å². The first-order chi connectivity index (χ1) is 8.91. The van der Waals surface area contributed by atoms with E-state index in [1.54, 1.807) is 6.07 Å². The molecule has 2 aromatic carbocycles. The van der Waals surface area contributed by atoms with E-state index in [2.05, 4.69) is 31.9 Å². The van der Waals surface area contributed by atoms with Crippen LogP contribution in [0.2, 0.25) is 0 Å². The Bertz CT molecular complexity index is 628. The first kappa shape index (κ1) is 14.5. The zero-order valence-electron chi connectivity index (χ0n) is 9.23. The van der Waals surface area contributed by atoms with Gasteiger partial charge < -0.3 is 0 Å². The predicted octanol–water partition coefficient (Wildman–Crippen LogP) is 5.49. The molecule has 0 saturated heterocycles. The SMILES string of the molecule is Fc1cc(F)c(C(Br)c2cccc(F)c2Br)cc1F. The third kappa shape index (κ3) is 2.84. The van der Waals surface area contributed by atoms with Crippen molar-refractivity contribution >= 4 is 31.9 Å². The van der Waals surface area contributed by atoms with Crippen molar-refractivity contribution in [2.45, 2.75) is 4.83 Å². The van der Waals surface area contributed by atoms with Crippen LogP contribution in [0.25, 0.3) is 0 Å². The van der Waals surface area contributed by atoms with Crippen LogP contribution in [0.4, 0.5) is 17.6 Å². The summed E-state index contributed by atoms with van der Waals surface area (Å²) >= 11 is 6.20. The Labute approximate surface area is 123 Å². The molecule has 0 aliphatic heterocycles. The van der Waals surface area contributed by atoms with Gasteiger partial charge in [-0.25, -0.2) is 17.6 Å². The lowest BCUT2D eigenvalue weighted by Crippen LogP contribution is -2.01.